The summed E-state index contributed by atoms with van der Waals surface area (Å²) in [7, 11) is 0. The largest absolute Gasteiger partial charge is 0.458 e. The summed E-state index contributed by atoms with van der Waals surface area (Å²) in [5, 5.41) is 34.3. The molecular weight excluding hydrogens is 464 g/mol. The molecule has 4 rings (SSSR count). The zero-order valence-electron chi connectivity index (χ0n) is 22.3. The predicted molar refractivity (Wildman–Crippen MR) is 130 cm³/mol. The SMILES string of the molecule is CC(=O)O[C@@]12CC(C)C34C=C(C)[C@H](OC(=O)C(C)=C(C)C)[C@@]3(O)[C@H](O)C(CO)=C[C@H](C4=O)[C@@H]1C2(C)C. The Bertz CT molecular complexity index is 1120. The van der Waals surface area contributed by atoms with E-state index in [0.717, 1.165) is 5.57 Å². The van der Waals surface area contributed by atoms with E-state index in [9.17, 15) is 29.7 Å². The van der Waals surface area contributed by atoms with Crippen molar-refractivity contribution in [2.45, 2.75) is 85.2 Å². The smallest absolute Gasteiger partial charge is 0.334 e. The molecule has 0 radical (unpaired) electrons. The van der Waals surface area contributed by atoms with E-state index in [1.165, 1.54) is 13.0 Å². The zero-order valence-corrected chi connectivity index (χ0v) is 22.3. The van der Waals surface area contributed by atoms with Gasteiger partial charge in [-0.25, -0.2) is 4.79 Å². The van der Waals surface area contributed by atoms with Gasteiger partial charge in [0.05, 0.1) is 12.0 Å². The number of hydrogen-bond acceptors (Lipinski definition) is 8. The molecule has 0 aromatic heterocycles. The summed E-state index contributed by atoms with van der Waals surface area (Å²) in [6.07, 6.45) is 0.465. The van der Waals surface area contributed by atoms with E-state index in [2.05, 4.69) is 0 Å². The molecule has 0 amide bonds. The van der Waals surface area contributed by atoms with Crippen LogP contribution in [0.4, 0.5) is 0 Å². The number of allylic oxidation sites excluding steroid dienone is 2. The molecule has 36 heavy (non-hydrogen) atoms. The lowest BCUT2D eigenvalue weighted by atomic mass is 9.59. The van der Waals surface area contributed by atoms with Gasteiger partial charge in [-0.3, -0.25) is 9.59 Å². The highest BCUT2D eigenvalue weighted by molar-refractivity contribution is 5.96. The molecule has 2 unspecified atom stereocenters. The Labute approximate surface area is 212 Å². The van der Waals surface area contributed by atoms with Crippen LogP contribution in [0.2, 0.25) is 0 Å². The van der Waals surface area contributed by atoms with Crippen molar-refractivity contribution in [2.24, 2.45) is 28.6 Å². The summed E-state index contributed by atoms with van der Waals surface area (Å²) in [4.78, 5) is 39.6. The first-order valence-corrected chi connectivity index (χ1v) is 12.5. The molecule has 8 atom stereocenters. The van der Waals surface area contributed by atoms with Crippen LogP contribution in [-0.4, -0.2) is 63.1 Å². The van der Waals surface area contributed by atoms with E-state index < -0.39 is 70.5 Å². The Balaban J connectivity index is 1.94. The van der Waals surface area contributed by atoms with Gasteiger partial charge >= 0.3 is 11.9 Å². The Kier molecular flexibility index (Phi) is 6.02. The number of Topliss-reactive ketones (excluding diaryl/α,β-unsaturated/α-hetero) is 1. The van der Waals surface area contributed by atoms with Crippen LogP contribution in [0.1, 0.15) is 61.8 Å². The highest BCUT2D eigenvalue weighted by atomic mass is 16.6. The van der Waals surface area contributed by atoms with Crippen LogP contribution in [0.5, 0.6) is 0 Å². The molecule has 2 saturated carbocycles. The Morgan fingerprint density at radius 1 is 1.17 bits per heavy atom. The lowest BCUT2D eigenvalue weighted by Crippen LogP contribution is -2.66. The fourth-order valence-electron chi connectivity index (χ4n) is 7.55. The minimum atomic E-state index is -2.26. The quantitative estimate of drug-likeness (QED) is 0.304. The summed E-state index contributed by atoms with van der Waals surface area (Å²) in [5.41, 5.74) is -3.75. The molecule has 4 aliphatic carbocycles. The van der Waals surface area contributed by atoms with Gasteiger partial charge in [-0.2, -0.15) is 0 Å². The molecule has 0 heterocycles. The Morgan fingerprint density at radius 3 is 2.31 bits per heavy atom. The molecule has 4 aliphatic rings. The highest BCUT2D eigenvalue weighted by Crippen LogP contribution is 2.75. The fourth-order valence-corrected chi connectivity index (χ4v) is 7.55. The molecule has 8 heteroatoms. The Morgan fingerprint density at radius 2 is 1.78 bits per heavy atom. The number of hydrogen-bond donors (Lipinski definition) is 3. The number of aliphatic hydroxyl groups is 3. The fraction of sp³-hybridized carbons (Fsp3) is 0.679. The third-order valence-corrected chi connectivity index (χ3v) is 9.63. The van der Waals surface area contributed by atoms with Gasteiger partial charge in [-0.05, 0) is 51.2 Å². The van der Waals surface area contributed by atoms with Crippen LogP contribution in [0.25, 0.3) is 0 Å². The van der Waals surface area contributed by atoms with Gasteiger partial charge in [0, 0.05) is 29.7 Å². The maximum atomic E-state index is 14.5. The molecule has 0 aromatic rings. The van der Waals surface area contributed by atoms with E-state index in [-0.39, 0.29) is 17.8 Å². The standard InChI is InChI=1S/C28H38O8/c1-13(2)16(5)24(33)35-23-14(3)10-26-15(4)11-27(36-17(6)30)20(25(27,7)8)19(22(26)32)9-18(12-29)21(31)28(23,26)34/h9-10,15,19-21,23,29,31,34H,11-12H2,1-8H3/t15?,19-,20+,21+,23-,26?,27-,28-/m0/s1. The maximum absolute atomic E-state index is 14.5. The van der Waals surface area contributed by atoms with Crippen LogP contribution < -0.4 is 0 Å². The van der Waals surface area contributed by atoms with Gasteiger partial charge < -0.3 is 24.8 Å². The van der Waals surface area contributed by atoms with Gasteiger partial charge in [0.1, 0.15) is 11.7 Å². The molecule has 198 valence electrons. The second-order valence-corrected chi connectivity index (χ2v) is 12.0. The molecule has 0 aliphatic heterocycles. The monoisotopic (exact) mass is 502 g/mol. The predicted octanol–water partition coefficient (Wildman–Crippen LogP) is 2.41. The average molecular weight is 503 g/mol. The molecule has 0 saturated heterocycles. The van der Waals surface area contributed by atoms with Gasteiger partial charge in [-0.1, -0.05) is 38.5 Å². The number of ketones is 1. The number of fused-ring (bicyclic) bond motifs is 3. The average Bonchev–Trinajstić information content (AvgIpc) is 3.17. The minimum absolute atomic E-state index is 0.0781. The van der Waals surface area contributed by atoms with E-state index in [4.69, 9.17) is 9.47 Å². The number of esters is 2. The van der Waals surface area contributed by atoms with Crippen molar-refractivity contribution in [1.82, 2.24) is 0 Å². The van der Waals surface area contributed by atoms with Gasteiger partial charge in [0.15, 0.2) is 17.5 Å². The van der Waals surface area contributed by atoms with Gasteiger partial charge in [0.25, 0.3) is 0 Å². The molecule has 2 bridgehead atoms. The number of carbonyl (C=O) groups is 3. The minimum Gasteiger partial charge on any atom is -0.458 e. The summed E-state index contributed by atoms with van der Waals surface area (Å²) in [6.45, 7) is 13.2. The Hall–Kier alpha value is -2.29. The van der Waals surface area contributed by atoms with Crippen molar-refractivity contribution in [3.05, 3.63) is 34.4 Å². The maximum Gasteiger partial charge on any atom is 0.334 e. The normalized spacial score (nSPS) is 42.1. The van der Waals surface area contributed by atoms with Crippen molar-refractivity contribution in [1.29, 1.82) is 0 Å². The van der Waals surface area contributed by atoms with Crippen molar-refractivity contribution < 1.29 is 39.2 Å². The van der Waals surface area contributed by atoms with Crippen LogP contribution >= 0.6 is 0 Å². The number of ether oxygens (including phenoxy) is 2. The van der Waals surface area contributed by atoms with Crippen LogP contribution in [0, 0.1) is 28.6 Å². The topological polar surface area (TPSA) is 130 Å². The number of carbonyl (C=O) groups excluding carboxylic acids is 3. The van der Waals surface area contributed by atoms with E-state index >= 15 is 0 Å². The lowest BCUT2D eigenvalue weighted by molar-refractivity contribution is -0.202. The highest BCUT2D eigenvalue weighted by Gasteiger charge is 2.83. The van der Waals surface area contributed by atoms with Crippen LogP contribution in [0.15, 0.2) is 34.4 Å². The number of rotatable bonds is 4. The first-order chi connectivity index (χ1) is 16.5. The van der Waals surface area contributed by atoms with Crippen LogP contribution in [-0.2, 0) is 23.9 Å². The second kappa shape index (κ2) is 8.10. The van der Waals surface area contributed by atoms with E-state index in [0.29, 0.717) is 11.1 Å². The van der Waals surface area contributed by atoms with Crippen LogP contribution in [0.3, 0.4) is 0 Å². The van der Waals surface area contributed by atoms with Crippen molar-refractivity contribution >= 4 is 17.7 Å². The first kappa shape index (κ1) is 26.8. The summed E-state index contributed by atoms with van der Waals surface area (Å²) in [5.74, 6) is -3.26. The molecule has 0 aromatic carbocycles. The summed E-state index contributed by atoms with van der Waals surface area (Å²) >= 11 is 0. The second-order valence-electron chi connectivity index (χ2n) is 12.0. The van der Waals surface area contributed by atoms with E-state index in [1.807, 2.05) is 13.8 Å². The third kappa shape index (κ3) is 3.07. The zero-order chi connectivity index (χ0) is 27.2. The molecule has 1 spiro atoms. The van der Waals surface area contributed by atoms with Crippen molar-refractivity contribution in [3.8, 4) is 0 Å². The molecular formula is C28H38O8. The number of aliphatic hydroxyl groups excluding tert-OH is 2. The van der Waals surface area contributed by atoms with Gasteiger partial charge in [0.2, 0.25) is 0 Å². The van der Waals surface area contributed by atoms with E-state index in [1.54, 1.807) is 40.7 Å². The van der Waals surface area contributed by atoms with Gasteiger partial charge in [-0.15, -0.1) is 0 Å². The molecule has 2 fully saturated rings. The molecule has 3 N–H and O–H groups in total. The molecule has 8 nitrogen and oxygen atoms in total. The van der Waals surface area contributed by atoms with Crippen molar-refractivity contribution in [3.63, 3.8) is 0 Å². The summed E-state index contributed by atoms with van der Waals surface area (Å²) < 4.78 is 11.7. The first-order valence-electron chi connectivity index (χ1n) is 12.5. The summed E-state index contributed by atoms with van der Waals surface area (Å²) in [6, 6.07) is 0. The van der Waals surface area contributed by atoms with Crippen molar-refractivity contribution in [2.75, 3.05) is 6.61 Å². The third-order valence-electron chi connectivity index (χ3n) is 9.63. The lowest BCUT2D eigenvalue weighted by Gasteiger charge is -2.49.